The molecule has 2 nitrogen and oxygen atoms in total. The average molecular weight is 136 g/mol. The summed E-state index contributed by atoms with van der Waals surface area (Å²) in [5.74, 6) is 0. The van der Waals surface area contributed by atoms with E-state index in [0.717, 1.165) is 0 Å². The summed E-state index contributed by atoms with van der Waals surface area (Å²) < 4.78 is 0. The zero-order valence-corrected chi connectivity index (χ0v) is 4.90. The fraction of sp³-hybridized carbons (Fsp3) is 0. The molecule has 0 rings (SSSR count). The smallest absolute Gasteiger partial charge is 0 e. The van der Waals surface area contributed by atoms with Crippen LogP contribution in [0.25, 0.3) is 0 Å². The topological polar surface area (TPSA) is 48.6 Å². The Hall–Kier alpha value is 0.734. The number of carbonyl (C=O) groups excluding carboxylic acids is 1. The minimum absolute atomic E-state index is 0. The molecule has 0 aromatic carbocycles. The number of hydrogen-bond acceptors (Lipinski definition) is 1. The van der Waals surface area contributed by atoms with E-state index in [4.69, 9.17) is 4.79 Å². The SMILES string of the molecule is O.[CH-]=O.[Y]. The van der Waals surface area contributed by atoms with E-state index >= 15 is 0 Å². The van der Waals surface area contributed by atoms with Crippen LogP contribution in [-0.2, 0) is 37.5 Å². The van der Waals surface area contributed by atoms with Gasteiger partial charge in [-0.2, -0.15) is 0 Å². The Kier molecular flexibility index (Phi) is 284. The molecular weight excluding hydrogens is 133 g/mol. The van der Waals surface area contributed by atoms with Crippen molar-refractivity contribution in [2.24, 2.45) is 0 Å². The second-order valence-electron chi connectivity index (χ2n) is 0. The minimum atomic E-state index is 0. The van der Waals surface area contributed by atoms with Gasteiger partial charge in [-0.05, 0) is 0 Å². The van der Waals surface area contributed by atoms with E-state index in [1.807, 2.05) is 0 Å². The molecule has 3 heteroatoms. The molecular formula is CH3O2Y-. The zero-order valence-electron chi connectivity index (χ0n) is 2.06. The van der Waals surface area contributed by atoms with Crippen molar-refractivity contribution >= 4 is 6.79 Å². The van der Waals surface area contributed by atoms with Gasteiger partial charge in [-0.15, -0.1) is 0 Å². The van der Waals surface area contributed by atoms with Crippen LogP contribution in [0.3, 0.4) is 0 Å². The molecule has 1 radical (unpaired) electrons. The van der Waals surface area contributed by atoms with Crippen LogP contribution in [0.15, 0.2) is 0 Å². The molecule has 0 aromatic heterocycles. The molecule has 2 N–H and O–H groups in total. The average Bonchev–Trinajstić information content (AvgIpc) is 1.00. The quantitative estimate of drug-likeness (QED) is 0.308. The third kappa shape index (κ3) is 15.3. The second kappa shape index (κ2) is 51.8. The molecule has 0 saturated heterocycles. The van der Waals surface area contributed by atoms with Gasteiger partial charge in [0.1, 0.15) is 0 Å². The van der Waals surface area contributed by atoms with Gasteiger partial charge in [-0.3, -0.25) is 6.79 Å². The molecule has 0 heterocycles. The van der Waals surface area contributed by atoms with Gasteiger partial charge >= 0.3 is 0 Å². The molecule has 0 aliphatic carbocycles. The van der Waals surface area contributed by atoms with Crippen LogP contribution in [0.2, 0.25) is 0 Å². The molecule has 0 spiro atoms. The first-order chi connectivity index (χ1) is 1.00. The predicted octanol–water partition coefficient (Wildman–Crippen LogP) is -1.10. The normalized spacial score (nSPS) is 1.00. The van der Waals surface area contributed by atoms with E-state index < -0.39 is 0 Å². The molecule has 4 heavy (non-hydrogen) atoms. The monoisotopic (exact) mass is 136 g/mol. The Morgan fingerprint density at radius 3 is 1.25 bits per heavy atom. The van der Waals surface area contributed by atoms with Crippen molar-refractivity contribution in [3.8, 4) is 0 Å². The van der Waals surface area contributed by atoms with Gasteiger partial charge in [-0.25, -0.2) is 0 Å². The maximum absolute atomic E-state index is 7.75. The number of rotatable bonds is 0. The largest absolute Gasteiger partial charge is 0.545 e. The first-order valence-corrected chi connectivity index (χ1v) is 0.236. The predicted molar refractivity (Wildman–Crippen MR) is 10.4 cm³/mol. The van der Waals surface area contributed by atoms with Crippen molar-refractivity contribution in [3.05, 3.63) is 0 Å². The first-order valence-electron chi connectivity index (χ1n) is 0.236. The van der Waals surface area contributed by atoms with Crippen LogP contribution in [-0.4, -0.2) is 12.3 Å². The molecule has 0 unspecified atom stereocenters. The van der Waals surface area contributed by atoms with Gasteiger partial charge in [0.15, 0.2) is 0 Å². The van der Waals surface area contributed by atoms with Crippen LogP contribution < -0.4 is 0 Å². The van der Waals surface area contributed by atoms with Gasteiger partial charge in [0.05, 0.1) is 0 Å². The van der Waals surface area contributed by atoms with Crippen LogP contribution in [0.5, 0.6) is 0 Å². The van der Waals surface area contributed by atoms with Crippen molar-refractivity contribution in [1.82, 2.24) is 0 Å². The summed E-state index contributed by atoms with van der Waals surface area (Å²) in [5.41, 5.74) is 0. The van der Waals surface area contributed by atoms with E-state index in [-0.39, 0.29) is 38.2 Å². The van der Waals surface area contributed by atoms with Gasteiger partial charge < -0.3 is 10.3 Å². The summed E-state index contributed by atoms with van der Waals surface area (Å²) in [7, 11) is 0. The van der Waals surface area contributed by atoms with Gasteiger partial charge in [-0.1, -0.05) is 0 Å². The van der Waals surface area contributed by atoms with Crippen molar-refractivity contribution in [2.45, 2.75) is 0 Å². The zero-order chi connectivity index (χ0) is 2.00. The van der Waals surface area contributed by atoms with Crippen LogP contribution in [0.4, 0.5) is 0 Å². The van der Waals surface area contributed by atoms with Crippen molar-refractivity contribution in [2.75, 3.05) is 0 Å². The Morgan fingerprint density at radius 1 is 1.25 bits per heavy atom. The maximum Gasteiger partial charge on any atom is 0 e. The maximum atomic E-state index is 7.75. The van der Waals surface area contributed by atoms with Gasteiger partial charge in [0, 0.05) is 32.7 Å². The van der Waals surface area contributed by atoms with Crippen molar-refractivity contribution in [1.29, 1.82) is 0 Å². The Balaban J connectivity index is -0.00000000500. The van der Waals surface area contributed by atoms with E-state index in [9.17, 15) is 0 Å². The third-order valence-electron chi connectivity index (χ3n) is 0. The Morgan fingerprint density at radius 2 is 1.25 bits per heavy atom. The van der Waals surface area contributed by atoms with E-state index in [1.165, 1.54) is 0 Å². The Bertz CT molecular complexity index is 6.00. The van der Waals surface area contributed by atoms with Gasteiger partial charge in [0.25, 0.3) is 0 Å². The summed E-state index contributed by atoms with van der Waals surface area (Å²) >= 11 is 0. The molecule has 0 saturated carbocycles. The van der Waals surface area contributed by atoms with Crippen LogP contribution in [0, 0.1) is 0 Å². The number of hydrogen-bond donors (Lipinski definition) is 0. The summed E-state index contributed by atoms with van der Waals surface area (Å²) in [6, 6.07) is 0. The van der Waals surface area contributed by atoms with Crippen LogP contribution >= 0.6 is 0 Å². The molecule has 23 valence electrons. The van der Waals surface area contributed by atoms with Gasteiger partial charge in [0.2, 0.25) is 0 Å². The fourth-order valence-electron chi connectivity index (χ4n) is 0. The summed E-state index contributed by atoms with van der Waals surface area (Å²) in [6.45, 7) is 3.25. The van der Waals surface area contributed by atoms with Crippen molar-refractivity contribution in [3.63, 3.8) is 0 Å². The molecule has 0 atom stereocenters. The Labute approximate surface area is 49.8 Å². The van der Waals surface area contributed by atoms with E-state index in [1.54, 1.807) is 0 Å². The minimum Gasteiger partial charge on any atom is -0.545 e. The summed E-state index contributed by atoms with van der Waals surface area (Å²) in [4.78, 5) is 7.75. The van der Waals surface area contributed by atoms with E-state index in [0.29, 0.717) is 0 Å². The summed E-state index contributed by atoms with van der Waals surface area (Å²) in [5, 5.41) is 0. The second-order valence-corrected chi connectivity index (χ2v) is 0. The van der Waals surface area contributed by atoms with E-state index in [2.05, 4.69) is 6.79 Å². The standard InChI is InChI=1S/CHO.H2O.Y/c1-2;;/h1H;1H2;/q-1;;. The van der Waals surface area contributed by atoms with Crippen molar-refractivity contribution < 1.29 is 43.0 Å². The molecule has 0 amide bonds. The summed E-state index contributed by atoms with van der Waals surface area (Å²) in [6.07, 6.45) is 0. The third-order valence-corrected chi connectivity index (χ3v) is 0. The molecule has 0 aliphatic heterocycles. The molecule has 0 fully saturated rings. The molecule has 0 bridgehead atoms. The van der Waals surface area contributed by atoms with Crippen LogP contribution in [0.1, 0.15) is 0 Å². The fourth-order valence-corrected chi connectivity index (χ4v) is 0. The molecule has 0 aliphatic rings. The molecule has 0 aromatic rings. The first kappa shape index (κ1) is 22.0.